The molecule has 0 bridgehead atoms. The van der Waals surface area contributed by atoms with Crippen LogP contribution in [0, 0.1) is 0 Å². The van der Waals surface area contributed by atoms with Crippen LogP contribution in [0.25, 0.3) is 6.08 Å². The summed E-state index contributed by atoms with van der Waals surface area (Å²) in [7, 11) is 0. The maximum Gasteiger partial charge on any atom is 0.335 e. The largest absolute Gasteiger partial charge is 0.489 e. The number of ether oxygens (including phenoxy) is 1. The topological polar surface area (TPSA) is 75.7 Å². The molecule has 0 spiro atoms. The molecule has 4 rings (SSSR count). The van der Waals surface area contributed by atoms with Crippen LogP contribution in [0.4, 0.5) is 10.5 Å². The summed E-state index contributed by atoms with van der Waals surface area (Å²) in [5.41, 5.74) is 1.96. The molecule has 1 aliphatic rings. The van der Waals surface area contributed by atoms with Crippen molar-refractivity contribution in [1.82, 2.24) is 5.32 Å². The summed E-state index contributed by atoms with van der Waals surface area (Å²) < 4.78 is 5.74. The fourth-order valence-electron chi connectivity index (χ4n) is 3.04. The van der Waals surface area contributed by atoms with Gasteiger partial charge >= 0.3 is 6.03 Å². The van der Waals surface area contributed by atoms with Crippen LogP contribution in [-0.4, -0.2) is 17.8 Å². The Hall–Kier alpha value is -4.19. The van der Waals surface area contributed by atoms with Gasteiger partial charge in [-0.3, -0.25) is 14.9 Å². The Labute approximate surface area is 173 Å². The average molecular weight is 398 g/mol. The number of imide groups is 2. The fraction of sp³-hybridized carbons (Fsp3) is 0.0417. The number of urea groups is 1. The number of nitrogens with zero attached hydrogens (tertiary/aromatic N) is 1. The van der Waals surface area contributed by atoms with Crippen LogP contribution in [0.2, 0.25) is 0 Å². The summed E-state index contributed by atoms with van der Waals surface area (Å²) in [6.07, 6.45) is 1.47. The molecular weight excluding hydrogens is 380 g/mol. The third-order valence-electron chi connectivity index (χ3n) is 4.56. The first kappa shape index (κ1) is 19.1. The lowest BCUT2D eigenvalue weighted by atomic mass is 10.1. The number of benzene rings is 3. The van der Waals surface area contributed by atoms with E-state index in [-0.39, 0.29) is 5.57 Å². The van der Waals surface area contributed by atoms with Gasteiger partial charge in [0.05, 0.1) is 5.69 Å². The van der Waals surface area contributed by atoms with Gasteiger partial charge in [0.2, 0.25) is 0 Å². The van der Waals surface area contributed by atoms with E-state index in [1.807, 2.05) is 36.4 Å². The van der Waals surface area contributed by atoms with Crippen LogP contribution in [0.3, 0.4) is 0 Å². The molecule has 6 nitrogen and oxygen atoms in total. The van der Waals surface area contributed by atoms with E-state index < -0.39 is 17.8 Å². The number of rotatable bonds is 5. The predicted molar refractivity (Wildman–Crippen MR) is 113 cm³/mol. The molecule has 3 aromatic carbocycles. The van der Waals surface area contributed by atoms with Gasteiger partial charge in [-0.15, -0.1) is 0 Å². The monoisotopic (exact) mass is 398 g/mol. The molecule has 148 valence electrons. The minimum atomic E-state index is -0.784. The Morgan fingerprint density at radius 1 is 0.800 bits per heavy atom. The normalized spacial score (nSPS) is 15.3. The first-order chi connectivity index (χ1) is 14.6. The molecule has 3 aromatic rings. The molecule has 1 heterocycles. The molecule has 4 amide bonds. The third-order valence-corrected chi connectivity index (χ3v) is 4.56. The lowest BCUT2D eigenvalue weighted by Crippen LogP contribution is -2.54. The molecule has 0 aromatic heterocycles. The summed E-state index contributed by atoms with van der Waals surface area (Å²) in [4.78, 5) is 38.4. The molecule has 1 N–H and O–H groups in total. The van der Waals surface area contributed by atoms with Gasteiger partial charge in [0.1, 0.15) is 17.9 Å². The Bertz CT molecular complexity index is 1110. The van der Waals surface area contributed by atoms with Crippen molar-refractivity contribution in [2.24, 2.45) is 0 Å². The van der Waals surface area contributed by atoms with Gasteiger partial charge in [0.15, 0.2) is 0 Å². The second kappa shape index (κ2) is 8.45. The van der Waals surface area contributed by atoms with Crippen molar-refractivity contribution in [2.75, 3.05) is 4.90 Å². The third kappa shape index (κ3) is 4.12. The highest BCUT2D eigenvalue weighted by atomic mass is 16.5. The van der Waals surface area contributed by atoms with E-state index in [2.05, 4.69) is 5.32 Å². The predicted octanol–water partition coefficient (Wildman–Crippen LogP) is 3.93. The summed E-state index contributed by atoms with van der Waals surface area (Å²) in [5.74, 6) is -0.790. The number of carbonyl (C=O) groups is 3. The molecule has 0 saturated carbocycles. The summed E-state index contributed by atoms with van der Waals surface area (Å²) in [5, 5.41) is 2.22. The van der Waals surface area contributed by atoms with Gasteiger partial charge in [-0.1, -0.05) is 60.7 Å². The lowest BCUT2D eigenvalue weighted by Gasteiger charge is -2.26. The maximum atomic E-state index is 12.9. The van der Waals surface area contributed by atoms with Crippen LogP contribution in [0.5, 0.6) is 5.75 Å². The molecule has 30 heavy (non-hydrogen) atoms. The quantitative estimate of drug-likeness (QED) is 0.522. The van der Waals surface area contributed by atoms with Crippen LogP contribution >= 0.6 is 0 Å². The number of amides is 4. The molecule has 0 unspecified atom stereocenters. The molecule has 1 saturated heterocycles. The van der Waals surface area contributed by atoms with Gasteiger partial charge in [0.25, 0.3) is 11.8 Å². The maximum absolute atomic E-state index is 12.9. The van der Waals surface area contributed by atoms with Crippen molar-refractivity contribution in [3.05, 3.63) is 102 Å². The zero-order valence-corrected chi connectivity index (χ0v) is 15.9. The second-order valence-corrected chi connectivity index (χ2v) is 6.64. The molecular formula is C24H18N2O4. The highest BCUT2D eigenvalue weighted by Crippen LogP contribution is 2.24. The van der Waals surface area contributed by atoms with E-state index in [0.29, 0.717) is 23.6 Å². The Balaban J connectivity index is 1.53. The standard InChI is InChI=1S/C24H18N2O4/c27-22-21(15-17-7-3-1-4-8-17)23(28)26(24(29)25-22)19-11-13-20(14-12-19)30-16-18-9-5-2-6-10-18/h1-15H,16H2,(H,25,27,29). The van der Waals surface area contributed by atoms with Crippen molar-refractivity contribution in [2.45, 2.75) is 6.61 Å². The van der Waals surface area contributed by atoms with Crippen molar-refractivity contribution in [1.29, 1.82) is 0 Å². The zero-order valence-electron chi connectivity index (χ0n) is 15.9. The second-order valence-electron chi connectivity index (χ2n) is 6.64. The molecule has 0 atom stereocenters. The highest BCUT2D eigenvalue weighted by Gasteiger charge is 2.36. The van der Waals surface area contributed by atoms with Crippen LogP contribution in [0.15, 0.2) is 90.5 Å². The number of carbonyl (C=O) groups excluding carboxylic acids is 3. The van der Waals surface area contributed by atoms with Gasteiger partial charge < -0.3 is 4.74 Å². The summed E-state index contributed by atoms with van der Waals surface area (Å²) >= 11 is 0. The number of barbiturate groups is 1. The van der Waals surface area contributed by atoms with E-state index >= 15 is 0 Å². The average Bonchev–Trinajstić information content (AvgIpc) is 2.77. The SMILES string of the molecule is O=C1NC(=O)N(c2ccc(OCc3ccccc3)cc2)C(=O)C1=Cc1ccccc1. The van der Waals surface area contributed by atoms with Gasteiger partial charge in [0, 0.05) is 0 Å². The Morgan fingerprint density at radius 3 is 2.10 bits per heavy atom. The minimum Gasteiger partial charge on any atom is -0.489 e. The summed E-state index contributed by atoms with van der Waals surface area (Å²) in [6.45, 7) is 0.405. The van der Waals surface area contributed by atoms with Gasteiger partial charge in [-0.2, -0.15) is 0 Å². The zero-order chi connectivity index (χ0) is 20.9. The van der Waals surface area contributed by atoms with Gasteiger partial charge in [-0.25, -0.2) is 9.69 Å². The van der Waals surface area contributed by atoms with Gasteiger partial charge in [-0.05, 0) is 41.5 Å². The van der Waals surface area contributed by atoms with E-state index in [0.717, 1.165) is 10.5 Å². The first-order valence-corrected chi connectivity index (χ1v) is 9.35. The first-order valence-electron chi connectivity index (χ1n) is 9.35. The number of nitrogens with one attached hydrogen (secondary N) is 1. The van der Waals surface area contributed by atoms with Crippen molar-refractivity contribution in [3.8, 4) is 5.75 Å². The smallest absolute Gasteiger partial charge is 0.335 e. The van der Waals surface area contributed by atoms with Crippen molar-refractivity contribution < 1.29 is 19.1 Å². The lowest BCUT2D eigenvalue weighted by molar-refractivity contribution is -0.122. The Morgan fingerprint density at radius 2 is 1.43 bits per heavy atom. The fourth-order valence-corrected chi connectivity index (χ4v) is 3.04. The van der Waals surface area contributed by atoms with Crippen molar-refractivity contribution in [3.63, 3.8) is 0 Å². The molecule has 0 radical (unpaired) electrons. The van der Waals surface area contributed by atoms with E-state index in [9.17, 15) is 14.4 Å². The summed E-state index contributed by atoms with van der Waals surface area (Å²) in [6, 6.07) is 24.5. The molecule has 6 heteroatoms. The highest BCUT2D eigenvalue weighted by molar-refractivity contribution is 6.39. The molecule has 1 aliphatic heterocycles. The number of anilines is 1. The van der Waals surface area contributed by atoms with E-state index in [4.69, 9.17) is 4.74 Å². The van der Waals surface area contributed by atoms with Crippen LogP contribution in [-0.2, 0) is 16.2 Å². The number of hydrogen-bond donors (Lipinski definition) is 1. The minimum absolute atomic E-state index is 0.106. The Kier molecular flexibility index (Phi) is 5.39. The van der Waals surface area contributed by atoms with Crippen LogP contribution in [0.1, 0.15) is 11.1 Å². The van der Waals surface area contributed by atoms with E-state index in [1.165, 1.54) is 6.08 Å². The number of hydrogen-bond acceptors (Lipinski definition) is 4. The molecule has 1 fully saturated rings. The van der Waals surface area contributed by atoms with E-state index in [1.54, 1.807) is 48.5 Å². The van der Waals surface area contributed by atoms with Crippen molar-refractivity contribution >= 4 is 29.6 Å². The van der Waals surface area contributed by atoms with Crippen LogP contribution < -0.4 is 15.0 Å². The molecule has 0 aliphatic carbocycles.